The van der Waals surface area contributed by atoms with Crippen LogP contribution in [0.4, 0.5) is 0 Å². The number of phenolic OH excluding ortho intramolecular Hbond substituents is 1. The van der Waals surface area contributed by atoms with Crippen molar-refractivity contribution in [2.45, 2.75) is 85.8 Å². The number of benzene rings is 1. The van der Waals surface area contributed by atoms with Gasteiger partial charge in [0, 0.05) is 12.5 Å². The summed E-state index contributed by atoms with van der Waals surface area (Å²) in [6, 6.07) is 2.84. The fourth-order valence-corrected chi connectivity index (χ4v) is 5.51. The van der Waals surface area contributed by atoms with Gasteiger partial charge in [0.05, 0.1) is 33.5 Å². The zero-order chi connectivity index (χ0) is 35.3. The number of carbonyl (C=O) groups is 1. The third-order valence-electron chi connectivity index (χ3n) is 8.19. The predicted molar refractivity (Wildman–Crippen MR) is 154 cm³/mol. The maximum absolute atomic E-state index is 12.7. The molecular formula is C29H42O19. The number of methoxy groups -OCH3 is 2. The molecule has 1 aromatic rings. The summed E-state index contributed by atoms with van der Waals surface area (Å²) < 4.78 is 43.6. The lowest BCUT2D eigenvalue weighted by Crippen LogP contribution is -2.62. The van der Waals surface area contributed by atoms with Crippen molar-refractivity contribution >= 4 is 12.0 Å². The first-order valence-corrected chi connectivity index (χ1v) is 14.9. The molecule has 10 N–H and O–H groups in total. The number of ether oxygens (including phenoxy) is 8. The minimum absolute atomic E-state index is 0.0704. The van der Waals surface area contributed by atoms with E-state index >= 15 is 0 Å². The molecule has 0 amide bonds. The van der Waals surface area contributed by atoms with Crippen LogP contribution in [0.2, 0.25) is 0 Å². The fraction of sp³-hybridized carbons (Fsp3) is 0.690. The van der Waals surface area contributed by atoms with Gasteiger partial charge in [-0.15, -0.1) is 0 Å². The molecule has 3 fully saturated rings. The summed E-state index contributed by atoms with van der Waals surface area (Å²) in [5, 5.41) is 102. The van der Waals surface area contributed by atoms with E-state index in [-0.39, 0.29) is 17.2 Å². The molecule has 0 saturated carbocycles. The molecule has 0 bridgehead atoms. The molecule has 3 heterocycles. The van der Waals surface area contributed by atoms with Gasteiger partial charge in [0.1, 0.15) is 68.1 Å². The quantitative estimate of drug-likeness (QED) is 0.0687. The molecular weight excluding hydrogens is 652 g/mol. The maximum Gasteiger partial charge on any atom is 0.330 e. The highest BCUT2D eigenvalue weighted by molar-refractivity contribution is 5.87. The molecule has 4 rings (SSSR count). The van der Waals surface area contributed by atoms with E-state index in [0.29, 0.717) is 5.56 Å². The molecule has 0 aromatic heterocycles. The topological polar surface area (TPSA) is 293 Å². The van der Waals surface area contributed by atoms with Crippen molar-refractivity contribution in [2.75, 3.05) is 40.6 Å². The number of aliphatic hydroxyl groups excluding tert-OH is 9. The molecule has 0 radical (unpaired) electrons. The zero-order valence-corrected chi connectivity index (χ0v) is 25.9. The van der Waals surface area contributed by atoms with Gasteiger partial charge in [0.25, 0.3) is 0 Å². The van der Waals surface area contributed by atoms with Gasteiger partial charge in [-0.1, -0.05) is 0 Å². The molecule has 19 heteroatoms. The molecule has 0 spiro atoms. The van der Waals surface area contributed by atoms with E-state index < -0.39 is 118 Å². The van der Waals surface area contributed by atoms with Gasteiger partial charge in [-0.2, -0.15) is 0 Å². The lowest BCUT2D eigenvalue weighted by molar-refractivity contribution is -0.379. The van der Waals surface area contributed by atoms with Crippen LogP contribution in [0.15, 0.2) is 18.2 Å². The zero-order valence-electron chi connectivity index (χ0n) is 25.9. The van der Waals surface area contributed by atoms with Gasteiger partial charge in [0.2, 0.25) is 11.5 Å². The van der Waals surface area contributed by atoms with Crippen LogP contribution in [0.1, 0.15) is 12.0 Å². The van der Waals surface area contributed by atoms with Crippen molar-refractivity contribution in [3.05, 3.63) is 23.8 Å². The summed E-state index contributed by atoms with van der Waals surface area (Å²) in [6.07, 6.45) is -17.4. The standard InChI is InChI=1S/C29H42O19/c1-41-14-5-12(6-15(42-2)21(14)35)3-4-19(34)43-10-18-26(46-28-25(39)24(38)22(36)16(8-30)45-28)13(33)7-20(44-18)48-29(11-32)27(40)23(37)17(9-31)47-29/h3-6,13,16-18,20,22-28,30-33,35-40H,7-11H2,1-2H3/t13-,16-,17-,18-,20-,22-,23-,24+,25-,26+,27+,28+,29+/m1/s1. The molecule has 19 nitrogen and oxygen atoms in total. The predicted octanol–water partition coefficient (Wildman–Crippen LogP) is -4.56. The first kappa shape index (κ1) is 38.1. The molecule has 3 saturated heterocycles. The van der Waals surface area contributed by atoms with Gasteiger partial charge in [-0.25, -0.2) is 4.79 Å². The van der Waals surface area contributed by atoms with Gasteiger partial charge in [0.15, 0.2) is 24.1 Å². The van der Waals surface area contributed by atoms with Crippen molar-refractivity contribution in [3.63, 3.8) is 0 Å². The average molecular weight is 695 g/mol. The Morgan fingerprint density at radius 3 is 2.10 bits per heavy atom. The minimum atomic E-state index is -2.29. The SMILES string of the molecule is COc1cc(C=CC(=O)OC[C@H]2O[C@H](O[C@]3(CO)O[C@H](CO)[C@@H](O)[C@@H]3O)C[C@@H](O)[C@@H]2O[C@@H]2O[C@H](CO)[C@@H](O)[C@H](O)[C@H]2O)cc(OC)c1O. The summed E-state index contributed by atoms with van der Waals surface area (Å²) in [6.45, 7) is -3.16. The molecule has 3 aliphatic rings. The molecule has 0 unspecified atom stereocenters. The van der Waals surface area contributed by atoms with E-state index in [1.807, 2.05) is 0 Å². The Kier molecular flexibility index (Phi) is 12.9. The Morgan fingerprint density at radius 1 is 0.896 bits per heavy atom. The van der Waals surface area contributed by atoms with Gasteiger partial charge < -0.3 is 89.0 Å². The third-order valence-corrected chi connectivity index (χ3v) is 8.19. The van der Waals surface area contributed by atoms with E-state index in [1.54, 1.807) is 0 Å². The highest BCUT2D eigenvalue weighted by atomic mass is 16.8. The summed E-state index contributed by atoms with van der Waals surface area (Å²) in [4.78, 5) is 12.7. The summed E-state index contributed by atoms with van der Waals surface area (Å²) >= 11 is 0. The van der Waals surface area contributed by atoms with Crippen LogP contribution >= 0.6 is 0 Å². The van der Waals surface area contributed by atoms with Crippen LogP contribution in [0, 0.1) is 0 Å². The molecule has 272 valence electrons. The number of aromatic hydroxyl groups is 1. The number of rotatable bonds is 13. The molecule has 3 aliphatic heterocycles. The summed E-state index contributed by atoms with van der Waals surface area (Å²) in [5.41, 5.74) is 0.382. The van der Waals surface area contributed by atoms with Crippen molar-refractivity contribution in [1.29, 1.82) is 0 Å². The van der Waals surface area contributed by atoms with Gasteiger partial charge >= 0.3 is 5.97 Å². The van der Waals surface area contributed by atoms with Crippen molar-refractivity contribution in [1.82, 2.24) is 0 Å². The normalized spacial score (nSPS) is 38.6. The lowest BCUT2D eigenvalue weighted by atomic mass is 9.98. The molecule has 13 atom stereocenters. The third kappa shape index (κ3) is 8.01. The number of aliphatic hydroxyl groups is 9. The number of hydrogen-bond donors (Lipinski definition) is 10. The maximum atomic E-state index is 12.7. The number of phenols is 1. The number of carbonyl (C=O) groups excluding carboxylic acids is 1. The Balaban J connectivity index is 1.53. The molecule has 1 aromatic carbocycles. The van der Waals surface area contributed by atoms with E-state index in [0.717, 1.165) is 6.08 Å². The summed E-state index contributed by atoms with van der Waals surface area (Å²) in [7, 11) is 2.65. The first-order valence-electron chi connectivity index (χ1n) is 14.9. The van der Waals surface area contributed by atoms with Gasteiger partial charge in [-0.05, 0) is 23.8 Å². The lowest BCUT2D eigenvalue weighted by Gasteiger charge is -2.45. The minimum Gasteiger partial charge on any atom is -0.502 e. The van der Waals surface area contributed by atoms with Crippen LogP contribution < -0.4 is 9.47 Å². The Hall–Kier alpha value is -2.73. The van der Waals surface area contributed by atoms with Crippen molar-refractivity contribution in [3.8, 4) is 17.2 Å². The average Bonchev–Trinajstić information content (AvgIpc) is 3.32. The Labute approximate surface area is 273 Å². The van der Waals surface area contributed by atoms with Crippen molar-refractivity contribution in [2.24, 2.45) is 0 Å². The van der Waals surface area contributed by atoms with Gasteiger partial charge in [-0.3, -0.25) is 0 Å². The summed E-state index contributed by atoms with van der Waals surface area (Å²) in [5.74, 6) is -3.33. The second kappa shape index (κ2) is 16.3. The molecule has 0 aliphatic carbocycles. The Bertz CT molecular complexity index is 1220. The van der Waals surface area contributed by atoms with E-state index in [2.05, 4.69) is 0 Å². The molecule has 48 heavy (non-hydrogen) atoms. The van der Waals surface area contributed by atoms with Crippen LogP contribution in [0.5, 0.6) is 17.2 Å². The fourth-order valence-electron chi connectivity index (χ4n) is 5.51. The number of hydrogen-bond acceptors (Lipinski definition) is 19. The second-order valence-corrected chi connectivity index (χ2v) is 11.3. The van der Waals surface area contributed by atoms with Crippen LogP contribution in [-0.4, -0.2) is 177 Å². The van der Waals surface area contributed by atoms with E-state index in [4.69, 9.17) is 37.9 Å². The van der Waals surface area contributed by atoms with Crippen LogP contribution in [-0.2, 0) is 33.2 Å². The van der Waals surface area contributed by atoms with E-state index in [1.165, 1.54) is 32.4 Å². The van der Waals surface area contributed by atoms with E-state index in [9.17, 15) is 55.9 Å². The monoisotopic (exact) mass is 694 g/mol. The van der Waals surface area contributed by atoms with Crippen molar-refractivity contribution < 1.29 is 93.8 Å². The largest absolute Gasteiger partial charge is 0.502 e. The van der Waals surface area contributed by atoms with Crippen LogP contribution in [0.25, 0.3) is 6.08 Å². The highest BCUT2D eigenvalue weighted by Gasteiger charge is 2.57. The second-order valence-electron chi connectivity index (χ2n) is 11.3. The first-order chi connectivity index (χ1) is 22.8. The van der Waals surface area contributed by atoms with Crippen LogP contribution in [0.3, 0.4) is 0 Å². The highest BCUT2D eigenvalue weighted by Crippen LogP contribution is 2.38. The smallest absolute Gasteiger partial charge is 0.330 e. The number of esters is 1. The Morgan fingerprint density at radius 2 is 1.54 bits per heavy atom.